The molecule has 2 rings (SSSR count). The molecule has 1 aromatic rings. The molecule has 1 aliphatic heterocycles. The topological polar surface area (TPSA) is 43.8 Å². The first-order valence-corrected chi connectivity index (χ1v) is 8.26. The first-order valence-electron chi connectivity index (χ1n) is 8.26. The van der Waals surface area contributed by atoms with Gasteiger partial charge in [0.15, 0.2) is 0 Å². The molecule has 1 atom stereocenters. The van der Waals surface area contributed by atoms with E-state index in [0.717, 1.165) is 25.2 Å². The summed E-state index contributed by atoms with van der Waals surface area (Å²) >= 11 is 0. The van der Waals surface area contributed by atoms with Crippen molar-refractivity contribution >= 4 is 5.91 Å². The van der Waals surface area contributed by atoms with Crippen LogP contribution in [0.2, 0.25) is 0 Å². The zero-order chi connectivity index (χ0) is 15.9. The number of hydrogen-bond donors (Lipinski definition) is 1. The van der Waals surface area contributed by atoms with Gasteiger partial charge in [0.25, 0.3) is 0 Å². The molecule has 1 N–H and O–H groups in total. The smallest absolute Gasteiger partial charge is 0.224 e. The molecule has 4 heteroatoms. The van der Waals surface area contributed by atoms with Crippen molar-refractivity contribution in [3.05, 3.63) is 35.9 Å². The van der Waals surface area contributed by atoms with Crippen molar-refractivity contribution in [2.45, 2.75) is 32.7 Å². The van der Waals surface area contributed by atoms with Gasteiger partial charge in [0.05, 0.1) is 12.6 Å². The van der Waals surface area contributed by atoms with Gasteiger partial charge in [-0.05, 0) is 17.9 Å². The molecule has 0 bridgehead atoms. The predicted molar refractivity (Wildman–Crippen MR) is 88.6 cm³/mol. The van der Waals surface area contributed by atoms with Gasteiger partial charge in [0, 0.05) is 32.6 Å². The Balaban J connectivity index is 2.00. The minimum Gasteiger partial charge on any atom is -0.394 e. The van der Waals surface area contributed by atoms with Gasteiger partial charge >= 0.3 is 0 Å². The summed E-state index contributed by atoms with van der Waals surface area (Å²) in [6.45, 7) is 7.90. The Bertz CT molecular complexity index is 461. The highest BCUT2D eigenvalue weighted by atomic mass is 16.3. The quantitative estimate of drug-likeness (QED) is 0.871. The Kier molecular flexibility index (Phi) is 6.40. The van der Waals surface area contributed by atoms with E-state index in [1.54, 1.807) is 0 Å². The van der Waals surface area contributed by atoms with Crippen molar-refractivity contribution in [3.63, 3.8) is 0 Å². The van der Waals surface area contributed by atoms with Crippen LogP contribution in [0, 0.1) is 5.92 Å². The second-order valence-corrected chi connectivity index (χ2v) is 6.56. The minimum absolute atomic E-state index is 0.0187. The molecule has 22 heavy (non-hydrogen) atoms. The van der Waals surface area contributed by atoms with Crippen LogP contribution in [0.15, 0.2) is 30.3 Å². The average molecular weight is 304 g/mol. The molecule has 122 valence electrons. The first-order chi connectivity index (χ1) is 10.6. The van der Waals surface area contributed by atoms with E-state index in [4.69, 9.17) is 0 Å². The molecule has 0 aliphatic carbocycles. The highest BCUT2D eigenvalue weighted by Gasteiger charge is 2.27. The van der Waals surface area contributed by atoms with Crippen molar-refractivity contribution in [2.24, 2.45) is 5.92 Å². The first kappa shape index (κ1) is 17.0. The summed E-state index contributed by atoms with van der Waals surface area (Å²) in [5.41, 5.74) is 1.16. The lowest BCUT2D eigenvalue weighted by Crippen LogP contribution is -2.45. The third-order valence-corrected chi connectivity index (χ3v) is 4.21. The Labute approximate surface area is 133 Å². The number of rotatable bonds is 6. The number of aliphatic hydroxyl groups excluding tert-OH is 1. The van der Waals surface area contributed by atoms with Gasteiger partial charge in [0.1, 0.15) is 0 Å². The number of benzene rings is 1. The second-order valence-electron chi connectivity index (χ2n) is 6.56. The molecule has 0 spiro atoms. The van der Waals surface area contributed by atoms with E-state index in [2.05, 4.69) is 30.9 Å². The monoisotopic (exact) mass is 304 g/mol. The van der Waals surface area contributed by atoms with Gasteiger partial charge in [-0.2, -0.15) is 0 Å². The minimum atomic E-state index is -0.117. The zero-order valence-electron chi connectivity index (χ0n) is 13.7. The van der Waals surface area contributed by atoms with Gasteiger partial charge in [0.2, 0.25) is 5.91 Å². The van der Waals surface area contributed by atoms with Crippen LogP contribution in [0.25, 0.3) is 0 Å². The van der Waals surface area contributed by atoms with E-state index < -0.39 is 0 Å². The molecule has 1 saturated heterocycles. The van der Waals surface area contributed by atoms with Crippen molar-refractivity contribution in [1.82, 2.24) is 9.80 Å². The van der Waals surface area contributed by atoms with Crippen molar-refractivity contribution in [2.75, 3.05) is 32.8 Å². The third-order valence-electron chi connectivity index (χ3n) is 4.21. The largest absolute Gasteiger partial charge is 0.394 e. The highest BCUT2D eigenvalue weighted by Crippen LogP contribution is 2.14. The fourth-order valence-corrected chi connectivity index (χ4v) is 3.13. The number of carbonyl (C=O) groups excluding carboxylic acids is 1. The number of hydrogen-bond acceptors (Lipinski definition) is 3. The maximum Gasteiger partial charge on any atom is 0.224 e. The van der Waals surface area contributed by atoms with Gasteiger partial charge in [-0.1, -0.05) is 44.2 Å². The van der Waals surface area contributed by atoms with E-state index in [9.17, 15) is 9.90 Å². The molecular formula is C18H28N2O2. The van der Waals surface area contributed by atoms with Crippen LogP contribution in [0.4, 0.5) is 0 Å². The molecule has 0 saturated carbocycles. The summed E-state index contributed by atoms with van der Waals surface area (Å²) in [5, 5.41) is 9.75. The Morgan fingerprint density at radius 3 is 2.50 bits per heavy atom. The number of aliphatic hydroxyl groups is 1. The van der Waals surface area contributed by atoms with Crippen LogP contribution < -0.4 is 0 Å². The summed E-state index contributed by atoms with van der Waals surface area (Å²) in [7, 11) is 0. The van der Waals surface area contributed by atoms with Crippen molar-refractivity contribution in [1.29, 1.82) is 0 Å². The standard InChI is InChI=1S/C18H28N2O2/c1-15(2)13-19-9-8-18(22)20(11-10-19)17(14-21)12-16-6-4-3-5-7-16/h3-7,15,17,21H,8-14H2,1-2H3. The van der Waals surface area contributed by atoms with E-state index in [1.807, 2.05) is 23.1 Å². The number of carbonyl (C=O) groups is 1. The number of nitrogens with zero attached hydrogens (tertiary/aromatic N) is 2. The van der Waals surface area contributed by atoms with Crippen LogP contribution in [-0.2, 0) is 11.2 Å². The Morgan fingerprint density at radius 2 is 1.86 bits per heavy atom. The summed E-state index contributed by atoms with van der Waals surface area (Å²) < 4.78 is 0. The van der Waals surface area contributed by atoms with Gasteiger partial charge < -0.3 is 14.9 Å². The SMILES string of the molecule is CC(C)CN1CCC(=O)N(C(CO)Cc2ccccc2)CC1. The molecule has 1 aliphatic rings. The lowest BCUT2D eigenvalue weighted by atomic mass is 10.0. The summed E-state index contributed by atoms with van der Waals surface area (Å²) in [6.07, 6.45) is 1.27. The summed E-state index contributed by atoms with van der Waals surface area (Å²) in [5.74, 6) is 0.779. The maximum atomic E-state index is 12.4. The van der Waals surface area contributed by atoms with Crippen molar-refractivity contribution in [3.8, 4) is 0 Å². The number of amides is 1. The lowest BCUT2D eigenvalue weighted by molar-refractivity contribution is -0.133. The summed E-state index contributed by atoms with van der Waals surface area (Å²) in [6, 6.07) is 9.97. The molecule has 1 unspecified atom stereocenters. The van der Waals surface area contributed by atoms with E-state index in [0.29, 0.717) is 25.3 Å². The van der Waals surface area contributed by atoms with E-state index >= 15 is 0 Å². The molecule has 1 amide bonds. The van der Waals surface area contributed by atoms with Crippen LogP contribution in [0.5, 0.6) is 0 Å². The molecule has 1 heterocycles. The van der Waals surface area contributed by atoms with Crippen LogP contribution in [0.3, 0.4) is 0 Å². The molecule has 1 aromatic carbocycles. The zero-order valence-corrected chi connectivity index (χ0v) is 13.7. The van der Waals surface area contributed by atoms with Crippen molar-refractivity contribution < 1.29 is 9.90 Å². The van der Waals surface area contributed by atoms with E-state index in [1.165, 1.54) is 0 Å². The third kappa shape index (κ3) is 4.82. The second kappa shape index (κ2) is 8.30. The molecule has 1 fully saturated rings. The maximum absolute atomic E-state index is 12.4. The summed E-state index contributed by atoms with van der Waals surface area (Å²) in [4.78, 5) is 16.7. The fourth-order valence-electron chi connectivity index (χ4n) is 3.13. The van der Waals surface area contributed by atoms with Gasteiger partial charge in [-0.3, -0.25) is 4.79 Å². The van der Waals surface area contributed by atoms with Crippen LogP contribution in [0.1, 0.15) is 25.8 Å². The Hall–Kier alpha value is -1.39. The molecular weight excluding hydrogens is 276 g/mol. The molecule has 0 aromatic heterocycles. The van der Waals surface area contributed by atoms with Crippen LogP contribution in [-0.4, -0.2) is 59.6 Å². The normalized spacial score (nSPS) is 18.5. The average Bonchev–Trinajstić information content (AvgIpc) is 2.68. The Morgan fingerprint density at radius 1 is 1.14 bits per heavy atom. The van der Waals surface area contributed by atoms with Gasteiger partial charge in [-0.15, -0.1) is 0 Å². The fraction of sp³-hybridized carbons (Fsp3) is 0.611. The molecule has 4 nitrogen and oxygen atoms in total. The predicted octanol–water partition coefficient (Wildman–Crippen LogP) is 1.78. The van der Waals surface area contributed by atoms with Crippen LogP contribution >= 0.6 is 0 Å². The van der Waals surface area contributed by atoms with E-state index in [-0.39, 0.29) is 18.6 Å². The molecule has 0 radical (unpaired) electrons. The van der Waals surface area contributed by atoms with Gasteiger partial charge in [-0.25, -0.2) is 0 Å². The lowest BCUT2D eigenvalue weighted by Gasteiger charge is -2.30. The highest BCUT2D eigenvalue weighted by molar-refractivity contribution is 5.77.